The van der Waals surface area contributed by atoms with Gasteiger partial charge in [-0.1, -0.05) is 15.9 Å². The van der Waals surface area contributed by atoms with Gasteiger partial charge in [0, 0.05) is 38.1 Å². The van der Waals surface area contributed by atoms with Crippen molar-refractivity contribution in [1.29, 1.82) is 0 Å². The fourth-order valence-corrected chi connectivity index (χ4v) is 1.69. The van der Waals surface area contributed by atoms with Gasteiger partial charge in [-0.3, -0.25) is 4.90 Å². The van der Waals surface area contributed by atoms with Crippen molar-refractivity contribution in [3.8, 4) is 0 Å². The van der Waals surface area contributed by atoms with Crippen LogP contribution in [0.15, 0.2) is 0 Å². The van der Waals surface area contributed by atoms with Crippen LogP contribution < -0.4 is 0 Å². The van der Waals surface area contributed by atoms with Crippen LogP contribution in [0.2, 0.25) is 0 Å². The van der Waals surface area contributed by atoms with Crippen molar-refractivity contribution in [2.45, 2.75) is 0 Å². The highest BCUT2D eigenvalue weighted by molar-refractivity contribution is 9.09. The molecule has 0 aliphatic carbocycles. The van der Waals surface area contributed by atoms with Crippen LogP contribution in [0.4, 0.5) is 0 Å². The average molecular weight is 369 g/mol. The van der Waals surface area contributed by atoms with E-state index in [1.54, 1.807) is 0 Å². The van der Waals surface area contributed by atoms with Crippen molar-refractivity contribution in [2.24, 2.45) is 0 Å². The fraction of sp³-hybridized carbons (Fsp3) is 1.00. The van der Waals surface area contributed by atoms with E-state index in [1.165, 1.54) is 32.7 Å². The van der Waals surface area contributed by atoms with Gasteiger partial charge in [0.1, 0.15) is 0 Å². The second-order valence-electron chi connectivity index (χ2n) is 2.83. The SMILES string of the molecule is Br.Br.CN1CCN(CCBr)CC1. The summed E-state index contributed by atoms with van der Waals surface area (Å²) >= 11 is 3.44. The zero-order chi connectivity index (χ0) is 7.40. The van der Waals surface area contributed by atoms with Gasteiger partial charge >= 0.3 is 0 Å². The van der Waals surface area contributed by atoms with E-state index >= 15 is 0 Å². The molecule has 2 nitrogen and oxygen atoms in total. The molecule has 1 rings (SSSR count). The third kappa shape index (κ3) is 5.91. The topological polar surface area (TPSA) is 6.48 Å². The molecule has 1 saturated heterocycles. The molecule has 0 N–H and O–H groups in total. The summed E-state index contributed by atoms with van der Waals surface area (Å²) in [6.45, 7) is 6.14. The van der Waals surface area contributed by atoms with E-state index in [9.17, 15) is 0 Å². The van der Waals surface area contributed by atoms with Gasteiger partial charge in [0.25, 0.3) is 0 Å². The minimum absolute atomic E-state index is 0. The molecule has 0 spiro atoms. The number of nitrogens with zero attached hydrogens (tertiary/aromatic N) is 2. The first kappa shape index (κ1) is 15.8. The van der Waals surface area contributed by atoms with Crippen molar-refractivity contribution in [3.63, 3.8) is 0 Å². The molecule has 0 unspecified atom stereocenters. The lowest BCUT2D eigenvalue weighted by Gasteiger charge is -2.31. The normalized spacial score (nSPS) is 19.5. The fourth-order valence-electron chi connectivity index (χ4n) is 1.19. The molecule has 12 heavy (non-hydrogen) atoms. The van der Waals surface area contributed by atoms with Gasteiger partial charge in [-0.05, 0) is 7.05 Å². The van der Waals surface area contributed by atoms with Crippen molar-refractivity contribution < 1.29 is 0 Å². The molecule has 0 radical (unpaired) electrons. The molecule has 0 amide bonds. The zero-order valence-corrected chi connectivity index (χ0v) is 12.3. The molecular weight excluding hydrogens is 352 g/mol. The van der Waals surface area contributed by atoms with Crippen molar-refractivity contribution >= 4 is 49.9 Å². The van der Waals surface area contributed by atoms with Crippen LogP contribution in [0.1, 0.15) is 0 Å². The van der Waals surface area contributed by atoms with Gasteiger partial charge in [0.15, 0.2) is 0 Å². The molecule has 0 aromatic rings. The van der Waals surface area contributed by atoms with Crippen LogP contribution in [0.5, 0.6) is 0 Å². The quantitative estimate of drug-likeness (QED) is 0.686. The van der Waals surface area contributed by atoms with Gasteiger partial charge in [-0.2, -0.15) is 0 Å². The highest BCUT2D eigenvalue weighted by Gasteiger charge is 2.11. The van der Waals surface area contributed by atoms with Crippen molar-refractivity contribution in [1.82, 2.24) is 9.80 Å². The highest BCUT2D eigenvalue weighted by atomic mass is 79.9. The lowest BCUT2D eigenvalue weighted by molar-refractivity contribution is 0.161. The molecule has 1 aliphatic rings. The third-order valence-electron chi connectivity index (χ3n) is 2.00. The van der Waals surface area contributed by atoms with Crippen LogP contribution in [-0.4, -0.2) is 54.9 Å². The summed E-state index contributed by atoms with van der Waals surface area (Å²) in [6.07, 6.45) is 0. The minimum Gasteiger partial charge on any atom is -0.304 e. The Bertz CT molecular complexity index is 94.7. The molecule has 5 heteroatoms. The number of alkyl halides is 1. The zero-order valence-electron chi connectivity index (χ0n) is 7.33. The highest BCUT2D eigenvalue weighted by Crippen LogP contribution is 1.98. The number of hydrogen-bond donors (Lipinski definition) is 0. The van der Waals surface area contributed by atoms with E-state index in [-0.39, 0.29) is 34.0 Å². The first-order chi connectivity index (χ1) is 4.83. The maximum absolute atomic E-state index is 3.44. The lowest BCUT2D eigenvalue weighted by Crippen LogP contribution is -2.44. The standard InChI is InChI=1S/C7H15BrN2.2BrH/c1-9-4-6-10(3-2-8)7-5-9;;/h2-7H2,1H3;2*1H. The summed E-state index contributed by atoms with van der Waals surface area (Å²) in [5, 5.41) is 1.11. The monoisotopic (exact) mass is 366 g/mol. The Hall–Kier alpha value is 1.36. The molecular formula is C7H17Br3N2. The number of halogens is 3. The van der Waals surface area contributed by atoms with Crippen LogP contribution >= 0.6 is 49.9 Å². The first-order valence-electron chi connectivity index (χ1n) is 3.80. The van der Waals surface area contributed by atoms with Gasteiger partial charge in [0.05, 0.1) is 0 Å². The largest absolute Gasteiger partial charge is 0.304 e. The molecule has 76 valence electrons. The molecule has 0 atom stereocenters. The predicted molar refractivity (Wildman–Crippen MR) is 68.4 cm³/mol. The molecule has 1 aliphatic heterocycles. The first-order valence-corrected chi connectivity index (χ1v) is 4.92. The van der Waals surface area contributed by atoms with E-state index in [0.717, 1.165) is 5.33 Å². The molecule has 1 fully saturated rings. The summed E-state index contributed by atoms with van der Waals surface area (Å²) in [4.78, 5) is 4.87. The second kappa shape index (κ2) is 8.94. The van der Waals surface area contributed by atoms with Crippen molar-refractivity contribution in [2.75, 3.05) is 45.1 Å². The molecule has 0 bridgehead atoms. The summed E-state index contributed by atoms with van der Waals surface area (Å²) < 4.78 is 0. The van der Waals surface area contributed by atoms with Crippen molar-refractivity contribution in [3.05, 3.63) is 0 Å². The Morgan fingerprint density at radius 1 is 1.08 bits per heavy atom. The summed E-state index contributed by atoms with van der Waals surface area (Å²) in [5.74, 6) is 0. The Balaban J connectivity index is 0. The maximum atomic E-state index is 3.44. The van der Waals surface area contributed by atoms with Crippen LogP contribution in [0.3, 0.4) is 0 Å². The third-order valence-corrected chi connectivity index (χ3v) is 2.35. The Labute approximate surface area is 104 Å². The summed E-state index contributed by atoms with van der Waals surface area (Å²) in [7, 11) is 2.19. The van der Waals surface area contributed by atoms with Gasteiger partial charge in [0.2, 0.25) is 0 Å². The predicted octanol–water partition coefficient (Wildman–Crippen LogP) is 1.78. The van der Waals surface area contributed by atoms with Crippen LogP contribution in [0.25, 0.3) is 0 Å². The molecule has 0 saturated carbocycles. The molecule has 1 heterocycles. The van der Waals surface area contributed by atoms with Crippen LogP contribution in [0, 0.1) is 0 Å². The minimum atomic E-state index is 0. The maximum Gasteiger partial charge on any atom is 0.0159 e. The summed E-state index contributed by atoms with van der Waals surface area (Å²) in [6, 6.07) is 0. The van der Waals surface area contributed by atoms with E-state index in [1.807, 2.05) is 0 Å². The Morgan fingerprint density at radius 3 is 2.00 bits per heavy atom. The van der Waals surface area contributed by atoms with Gasteiger partial charge < -0.3 is 4.90 Å². The number of hydrogen-bond acceptors (Lipinski definition) is 2. The van der Waals surface area contributed by atoms with E-state index in [4.69, 9.17) is 0 Å². The Kier molecular flexibility index (Phi) is 11.8. The number of likely N-dealkylation sites (N-methyl/N-ethyl adjacent to an activating group) is 1. The second-order valence-corrected chi connectivity index (χ2v) is 3.63. The molecule has 0 aromatic heterocycles. The van der Waals surface area contributed by atoms with Gasteiger partial charge in [-0.25, -0.2) is 0 Å². The van der Waals surface area contributed by atoms with E-state index in [2.05, 4.69) is 32.8 Å². The van der Waals surface area contributed by atoms with Gasteiger partial charge in [-0.15, -0.1) is 34.0 Å². The smallest absolute Gasteiger partial charge is 0.0159 e. The number of piperazine rings is 1. The number of rotatable bonds is 2. The summed E-state index contributed by atoms with van der Waals surface area (Å²) in [5.41, 5.74) is 0. The van der Waals surface area contributed by atoms with Crippen LogP contribution in [-0.2, 0) is 0 Å². The lowest BCUT2D eigenvalue weighted by atomic mass is 10.3. The van der Waals surface area contributed by atoms with E-state index < -0.39 is 0 Å². The van der Waals surface area contributed by atoms with E-state index in [0.29, 0.717) is 0 Å². The Morgan fingerprint density at radius 2 is 1.58 bits per heavy atom. The average Bonchev–Trinajstić information content (AvgIpc) is 1.95. The molecule has 0 aromatic carbocycles.